The highest BCUT2D eigenvalue weighted by Gasteiger charge is 2.22. The first kappa shape index (κ1) is 18.8. The van der Waals surface area contributed by atoms with E-state index in [0.717, 1.165) is 35.2 Å². The van der Waals surface area contributed by atoms with Crippen molar-refractivity contribution in [3.8, 4) is 0 Å². The van der Waals surface area contributed by atoms with Crippen molar-refractivity contribution in [3.63, 3.8) is 0 Å². The van der Waals surface area contributed by atoms with Gasteiger partial charge >= 0.3 is 0 Å². The molecule has 1 aliphatic rings. The third kappa shape index (κ3) is 4.59. The Labute approximate surface area is 160 Å². The predicted molar refractivity (Wildman–Crippen MR) is 100 cm³/mol. The van der Waals surface area contributed by atoms with Gasteiger partial charge in [0.2, 0.25) is 0 Å². The van der Waals surface area contributed by atoms with Gasteiger partial charge in [-0.15, -0.1) is 0 Å². The third-order valence-corrected chi connectivity index (χ3v) is 4.97. The van der Waals surface area contributed by atoms with Gasteiger partial charge in [-0.25, -0.2) is 14.1 Å². The predicted octanol–water partition coefficient (Wildman–Crippen LogP) is 2.01. The molecular weight excluding hydrogens is 403 g/mol. The number of ether oxygens (including phenoxy) is 1. The van der Waals surface area contributed by atoms with Gasteiger partial charge in [0.05, 0.1) is 6.54 Å². The molecule has 0 amide bonds. The molecule has 2 N–H and O–H groups in total. The maximum absolute atomic E-state index is 13.4. The van der Waals surface area contributed by atoms with Crippen LogP contribution in [0.3, 0.4) is 0 Å². The van der Waals surface area contributed by atoms with Crippen LogP contribution >= 0.6 is 15.9 Å². The number of hydrogen-bond acceptors (Lipinski definition) is 4. The van der Waals surface area contributed by atoms with Gasteiger partial charge in [0.25, 0.3) is 0 Å². The second-order valence-corrected chi connectivity index (χ2v) is 6.96. The fourth-order valence-electron chi connectivity index (χ4n) is 2.91. The van der Waals surface area contributed by atoms with E-state index >= 15 is 0 Å². The van der Waals surface area contributed by atoms with Gasteiger partial charge in [0.15, 0.2) is 11.8 Å². The van der Waals surface area contributed by atoms with Gasteiger partial charge < -0.3 is 15.4 Å². The number of rotatable bonds is 5. The number of halogens is 2. The fraction of sp³-hybridized carbons (Fsp3) is 0.471. The molecule has 1 aromatic heterocycles. The molecule has 0 saturated carbocycles. The molecule has 0 radical (unpaired) electrons. The summed E-state index contributed by atoms with van der Waals surface area (Å²) in [6, 6.07) is 4.83. The van der Waals surface area contributed by atoms with Crippen LogP contribution in [-0.4, -0.2) is 40.9 Å². The number of fused-ring (bicyclic) bond motifs is 1. The van der Waals surface area contributed by atoms with Crippen LogP contribution in [-0.2, 0) is 30.9 Å². The van der Waals surface area contributed by atoms with Crippen LogP contribution < -0.4 is 10.6 Å². The summed E-state index contributed by atoms with van der Waals surface area (Å²) < 4.78 is 21.3. The summed E-state index contributed by atoms with van der Waals surface area (Å²) in [5, 5.41) is 11.1. The van der Waals surface area contributed by atoms with E-state index in [4.69, 9.17) is 4.74 Å². The summed E-state index contributed by atoms with van der Waals surface area (Å²) >= 11 is 3.44. The van der Waals surface area contributed by atoms with E-state index in [-0.39, 0.29) is 11.9 Å². The third-order valence-electron chi connectivity index (χ3n) is 4.19. The minimum atomic E-state index is -0.259. The number of nitrogens with zero attached hydrogens (tertiary/aromatic N) is 4. The van der Waals surface area contributed by atoms with Gasteiger partial charge in [-0.05, 0) is 30.2 Å². The zero-order valence-electron chi connectivity index (χ0n) is 14.8. The Morgan fingerprint density at radius 3 is 3.12 bits per heavy atom. The molecule has 2 aromatic rings. The molecule has 26 heavy (non-hydrogen) atoms. The Hall–Kier alpha value is -2.00. The van der Waals surface area contributed by atoms with Crippen molar-refractivity contribution in [2.24, 2.45) is 4.99 Å². The van der Waals surface area contributed by atoms with Crippen LogP contribution in [0, 0.1) is 5.82 Å². The minimum Gasteiger partial charge on any atom is -0.377 e. The summed E-state index contributed by atoms with van der Waals surface area (Å²) in [6.07, 6.45) is 1.79. The number of aryl methyl sites for hydroxylation is 1. The van der Waals surface area contributed by atoms with E-state index in [2.05, 4.69) is 41.6 Å². The fourth-order valence-corrected chi connectivity index (χ4v) is 3.30. The average Bonchev–Trinajstić information content (AvgIpc) is 3.03. The molecule has 1 aliphatic heterocycles. The molecule has 1 unspecified atom stereocenters. The van der Waals surface area contributed by atoms with Gasteiger partial charge in [0.1, 0.15) is 18.2 Å². The Bertz CT molecular complexity index is 794. The Morgan fingerprint density at radius 1 is 1.50 bits per heavy atom. The van der Waals surface area contributed by atoms with E-state index in [1.54, 1.807) is 20.2 Å². The summed E-state index contributed by atoms with van der Waals surface area (Å²) in [4.78, 5) is 8.74. The molecule has 1 aromatic carbocycles. The highest BCUT2D eigenvalue weighted by molar-refractivity contribution is 9.10. The lowest BCUT2D eigenvalue weighted by molar-refractivity contribution is 0.177. The zero-order valence-corrected chi connectivity index (χ0v) is 16.4. The highest BCUT2D eigenvalue weighted by Crippen LogP contribution is 2.17. The van der Waals surface area contributed by atoms with E-state index in [1.807, 2.05) is 4.68 Å². The summed E-state index contributed by atoms with van der Waals surface area (Å²) in [5.74, 6) is 2.11. The van der Waals surface area contributed by atoms with E-state index < -0.39 is 0 Å². The molecule has 0 fully saturated rings. The van der Waals surface area contributed by atoms with E-state index in [9.17, 15) is 4.39 Å². The van der Waals surface area contributed by atoms with Crippen LogP contribution in [0.15, 0.2) is 27.7 Å². The monoisotopic (exact) mass is 424 g/mol. The number of methoxy groups -OCH3 is 1. The van der Waals surface area contributed by atoms with Crippen LogP contribution in [0.25, 0.3) is 0 Å². The Balaban J connectivity index is 1.57. The van der Waals surface area contributed by atoms with Crippen molar-refractivity contribution < 1.29 is 9.13 Å². The average molecular weight is 425 g/mol. The molecular formula is C17H22BrFN6O. The van der Waals surface area contributed by atoms with Crippen molar-refractivity contribution in [2.45, 2.75) is 38.6 Å². The molecule has 0 bridgehead atoms. The van der Waals surface area contributed by atoms with Crippen LogP contribution in [0.1, 0.15) is 23.6 Å². The maximum atomic E-state index is 13.4. The Kier molecular flexibility index (Phi) is 6.20. The van der Waals surface area contributed by atoms with Crippen molar-refractivity contribution in [3.05, 3.63) is 45.7 Å². The molecule has 7 nitrogen and oxygen atoms in total. The minimum absolute atomic E-state index is 0.196. The van der Waals surface area contributed by atoms with Gasteiger partial charge in [0, 0.05) is 37.6 Å². The molecule has 0 aliphatic carbocycles. The molecule has 0 saturated heterocycles. The quantitative estimate of drug-likeness (QED) is 0.566. The largest absolute Gasteiger partial charge is 0.377 e. The first-order chi connectivity index (χ1) is 12.6. The van der Waals surface area contributed by atoms with Crippen LogP contribution in [0.4, 0.5) is 4.39 Å². The molecule has 1 atom stereocenters. The van der Waals surface area contributed by atoms with Crippen molar-refractivity contribution in [1.82, 2.24) is 25.4 Å². The summed E-state index contributed by atoms with van der Waals surface area (Å²) in [6.45, 7) is 1.61. The van der Waals surface area contributed by atoms with Crippen molar-refractivity contribution in [2.75, 3.05) is 14.2 Å². The Morgan fingerprint density at radius 2 is 2.35 bits per heavy atom. The molecule has 3 rings (SSSR count). The number of aromatic nitrogens is 3. The van der Waals surface area contributed by atoms with Crippen molar-refractivity contribution in [1.29, 1.82) is 0 Å². The standard InChI is InChI=1S/C17H22BrFN6O/c1-20-17(21-8-11-7-12(19)3-5-14(11)18)22-13-4-6-16-23-15(10-26-2)24-25(16)9-13/h3,5,7,13H,4,6,8-10H2,1-2H3,(H2,20,21,22). The number of nitrogens with one attached hydrogen (secondary N) is 2. The van der Waals surface area contributed by atoms with E-state index in [0.29, 0.717) is 24.9 Å². The highest BCUT2D eigenvalue weighted by atomic mass is 79.9. The topological polar surface area (TPSA) is 76.4 Å². The number of hydrogen-bond donors (Lipinski definition) is 2. The maximum Gasteiger partial charge on any atom is 0.191 e. The van der Waals surface area contributed by atoms with Crippen molar-refractivity contribution >= 4 is 21.9 Å². The number of aliphatic imine (C=N–C) groups is 1. The van der Waals surface area contributed by atoms with Crippen LogP contribution in [0.2, 0.25) is 0 Å². The first-order valence-corrected chi connectivity index (χ1v) is 9.21. The van der Waals surface area contributed by atoms with Gasteiger partial charge in [-0.2, -0.15) is 5.10 Å². The zero-order chi connectivity index (χ0) is 18.5. The molecule has 140 valence electrons. The molecule has 0 spiro atoms. The SMILES string of the molecule is CN=C(NCc1cc(F)ccc1Br)NC1CCc2nc(COC)nn2C1. The molecule has 9 heteroatoms. The second kappa shape index (κ2) is 8.59. The summed E-state index contributed by atoms with van der Waals surface area (Å²) in [5.41, 5.74) is 0.833. The number of benzene rings is 1. The van der Waals surface area contributed by atoms with Gasteiger partial charge in [-0.3, -0.25) is 4.99 Å². The smallest absolute Gasteiger partial charge is 0.191 e. The second-order valence-electron chi connectivity index (χ2n) is 6.10. The first-order valence-electron chi connectivity index (χ1n) is 8.41. The lowest BCUT2D eigenvalue weighted by atomic mass is 10.1. The van der Waals surface area contributed by atoms with E-state index in [1.165, 1.54) is 12.1 Å². The molecule has 2 heterocycles. The summed E-state index contributed by atoms with van der Waals surface area (Å²) in [7, 11) is 3.35. The van der Waals surface area contributed by atoms with Crippen LogP contribution in [0.5, 0.6) is 0 Å². The lowest BCUT2D eigenvalue weighted by Crippen LogP contribution is -2.46. The van der Waals surface area contributed by atoms with Gasteiger partial charge in [-0.1, -0.05) is 15.9 Å². The number of guanidine groups is 1. The normalized spacial score (nSPS) is 17.1. The lowest BCUT2D eigenvalue weighted by Gasteiger charge is -2.25.